The Bertz CT molecular complexity index is 1000. The first kappa shape index (κ1) is 21.8. The van der Waals surface area contributed by atoms with Gasteiger partial charge in [-0.1, -0.05) is 6.92 Å². The molecule has 0 saturated carbocycles. The highest BCUT2D eigenvalue weighted by atomic mass is 32.1. The Balaban J connectivity index is 1.65. The van der Waals surface area contributed by atoms with Gasteiger partial charge in [-0.15, -0.1) is 11.3 Å². The molecular formula is C19H17F3N2O5S. The summed E-state index contributed by atoms with van der Waals surface area (Å²) in [6.07, 6.45) is -2.16. The number of nitro benzene ring substituents is 1. The van der Waals surface area contributed by atoms with E-state index in [9.17, 15) is 32.9 Å². The smallest absolute Gasteiger partial charge is 0.418 e. The van der Waals surface area contributed by atoms with Crippen molar-refractivity contribution in [3.05, 3.63) is 55.3 Å². The van der Waals surface area contributed by atoms with Crippen LogP contribution >= 0.6 is 11.3 Å². The van der Waals surface area contributed by atoms with Gasteiger partial charge in [-0.05, 0) is 42.9 Å². The summed E-state index contributed by atoms with van der Waals surface area (Å²) < 4.78 is 44.4. The summed E-state index contributed by atoms with van der Waals surface area (Å²) in [5.41, 5.74) is -1.70. The number of rotatable bonds is 5. The summed E-state index contributed by atoms with van der Waals surface area (Å²) in [5, 5.41) is 12.7. The number of halogens is 3. The van der Waals surface area contributed by atoms with E-state index in [1.165, 1.54) is 11.3 Å². The molecule has 0 fully saturated rings. The van der Waals surface area contributed by atoms with Gasteiger partial charge in [0, 0.05) is 17.0 Å². The summed E-state index contributed by atoms with van der Waals surface area (Å²) >= 11 is 1.29. The molecule has 0 spiro atoms. The van der Waals surface area contributed by atoms with Gasteiger partial charge in [0.1, 0.15) is 4.88 Å². The molecule has 0 saturated heterocycles. The van der Waals surface area contributed by atoms with E-state index in [-0.39, 0.29) is 0 Å². The number of thiophene rings is 1. The lowest BCUT2D eigenvalue weighted by molar-refractivity contribution is -0.385. The van der Waals surface area contributed by atoms with Crippen molar-refractivity contribution in [3.8, 4) is 0 Å². The van der Waals surface area contributed by atoms with Crippen molar-refractivity contribution in [2.75, 3.05) is 11.9 Å². The van der Waals surface area contributed by atoms with Crippen LogP contribution in [-0.2, 0) is 28.5 Å². The van der Waals surface area contributed by atoms with E-state index in [4.69, 9.17) is 4.74 Å². The van der Waals surface area contributed by atoms with Crippen molar-refractivity contribution < 1.29 is 32.4 Å². The van der Waals surface area contributed by atoms with E-state index in [1.807, 2.05) is 5.32 Å². The lowest BCUT2D eigenvalue weighted by Crippen LogP contribution is -2.22. The first-order valence-corrected chi connectivity index (χ1v) is 9.80. The predicted octanol–water partition coefficient (Wildman–Crippen LogP) is 4.60. The third-order valence-electron chi connectivity index (χ3n) is 4.66. The minimum atomic E-state index is -4.92. The maximum Gasteiger partial charge on any atom is 0.418 e. The largest absolute Gasteiger partial charge is 0.451 e. The number of nitro groups is 1. The number of esters is 1. The molecule has 11 heteroatoms. The number of nitrogens with one attached hydrogen (secondary N) is 1. The fraction of sp³-hybridized carbons (Fsp3) is 0.368. The topological polar surface area (TPSA) is 98.5 Å². The number of ether oxygens (including phenoxy) is 1. The van der Waals surface area contributed by atoms with Gasteiger partial charge in [0.05, 0.1) is 16.2 Å². The minimum Gasteiger partial charge on any atom is -0.451 e. The molecule has 0 unspecified atom stereocenters. The maximum absolute atomic E-state index is 13.2. The summed E-state index contributed by atoms with van der Waals surface area (Å²) in [7, 11) is 0. The van der Waals surface area contributed by atoms with Crippen molar-refractivity contribution in [2.24, 2.45) is 5.92 Å². The van der Waals surface area contributed by atoms with Crippen LogP contribution in [0, 0.1) is 16.0 Å². The van der Waals surface area contributed by atoms with Crippen molar-refractivity contribution in [3.63, 3.8) is 0 Å². The van der Waals surface area contributed by atoms with Crippen LogP contribution in [0.1, 0.15) is 39.0 Å². The Morgan fingerprint density at radius 1 is 1.33 bits per heavy atom. The average molecular weight is 442 g/mol. The predicted molar refractivity (Wildman–Crippen MR) is 103 cm³/mol. The number of nitrogens with zero attached hydrogens (tertiary/aromatic N) is 1. The molecular weight excluding hydrogens is 425 g/mol. The van der Waals surface area contributed by atoms with Gasteiger partial charge in [0.25, 0.3) is 11.6 Å². The van der Waals surface area contributed by atoms with Crippen LogP contribution < -0.4 is 5.32 Å². The second-order valence-electron chi connectivity index (χ2n) is 7.02. The lowest BCUT2D eigenvalue weighted by Gasteiger charge is -2.16. The van der Waals surface area contributed by atoms with E-state index in [0.717, 1.165) is 41.8 Å². The Hall–Kier alpha value is -2.95. The maximum atomic E-state index is 13.2. The number of anilines is 1. The molecule has 7 nitrogen and oxygen atoms in total. The van der Waals surface area contributed by atoms with E-state index < -0.39 is 46.5 Å². The number of aryl methyl sites for hydroxylation is 1. The van der Waals surface area contributed by atoms with E-state index in [1.54, 1.807) is 6.07 Å². The molecule has 0 aliphatic heterocycles. The molecule has 1 aliphatic carbocycles. The molecule has 160 valence electrons. The molecule has 1 aromatic heterocycles. The fourth-order valence-corrected chi connectivity index (χ4v) is 4.29. The summed E-state index contributed by atoms with van der Waals surface area (Å²) in [6, 6.07) is 3.69. The van der Waals surface area contributed by atoms with Gasteiger partial charge in [-0.25, -0.2) is 4.79 Å². The zero-order chi connectivity index (χ0) is 22.1. The Kier molecular flexibility index (Phi) is 6.11. The standard InChI is InChI=1S/C19H17F3N2O5S/c1-10-2-5-15-11(6-10)7-16(30-15)18(26)29-9-17(25)23-14-4-3-12(24(27)28)8-13(14)19(20,21)22/h3-4,7-8,10H,2,5-6,9H2,1H3,(H,23,25)/t10-/m1/s1. The number of hydrogen-bond acceptors (Lipinski definition) is 6. The van der Waals surface area contributed by atoms with Gasteiger partial charge in [-0.3, -0.25) is 14.9 Å². The number of benzene rings is 1. The lowest BCUT2D eigenvalue weighted by atomic mass is 9.90. The Labute approximate surface area is 173 Å². The zero-order valence-corrected chi connectivity index (χ0v) is 16.6. The SMILES string of the molecule is C[C@@H]1CCc2sc(C(=O)OCC(=O)Nc3ccc([N+](=O)[O-])cc3C(F)(F)F)cc2C1. The second kappa shape index (κ2) is 8.42. The first-order valence-electron chi connectivity index (χ1n) is 8.98. The molecule has 1 heterocycles. The summed E-state index contributed by atoms with van der Waals surface area (Å²) in [5.74, 6) is -1.19. The number of alkyl halides is 3. The van der Waals surface area contributed by atoms with Crippen LogP contribution in [0.15, 0.2) is 24.3 Å². The molecule has 1 aromatic carbocycles. The molecule has 1 N–H and O–H groups in total. The number of carbonyl (C=O) groups is 2. The monoisotopic (exact) mass is 442 g/mol. The third kappa shape index (κ3) is 4.96. The minimum absolute atomic E-state index is 0.332. The first-order chi connectivity index (χ1) is 14.0. The van der Waals surface area contributed by atoms with E-state index in [2.05, 4.69) is 6.92 Å². The van der Waals surface area contributed by atoms with Crippen LogP contribution in [0.25, 0.3) is 0 Å². The Morgan fingerprint density at radius 3 is 2.73 bits per heavy atom. The molecule has 0 radical (unpaired) electrons. The van der Waals surface area contributed by atoms with Crippen molar-refractivity contribution in [1.29, 1.82) is 0 Å². The molecule has 3 rings (SSSR count). The summed E-state index contributed by atoms with van der Waals surface area (Å²) in [6.45, 7) is 1.34. The highest BCUT2D eigenvalue weighted by Gasteiger charge is 2.35. The quantitative estimate of drug-likeness (QED) is 0.415. The van der Waals surface area contributed by atoms with Gasteiger partial charge >= 0.3 is 12.1 Å². The van der Waals surface area contributed by atoms with E-state index >= 15 is 0 Å². The van der Waals surface area contributed by atoms with Crippen molar-refractivity contribution >= 4 is 34.6 Å². The zero-order valence-electron chi connectivity index (χ0n) is 15.7. The van der Waals surface area contributed by atoms with E-state index in [0.29, 0.717) is 16.9 Å². The number of non-ortho nitro benzene ring substituents is 1. The van der Waals surface area contributed by atoms with Crippen LogP contribution in [0.2, 0.25) is 0 Å². The van der Waals surface area contributed by atoms with Crippen LogP contribution in [0.5, 0.6) is 0 Å². The second-order valence-corrected chi connectivity index (χ2v) is 8.15. The highest BCUT2D eigenvalue weighted by Crippen LogP contribution is 2.37. The fourth-order valence-electron chi connectivity index (χ4n) is 3.18. The molecule has 30 heavy (non-hydrogen) atoms. The van der Waals surface area contributed by atoms with Gasteiger partial charge in [0.15, 0.2) is 6.61 Å². The van der Waals surface area contributed by atoms with Gasteiger partial charge < -0.3 is 10.1 Å². The Morgan fingerprint density at radius 2 is 2.07 bits per heavy atom. The van der Waals surface area contributed by atoms with Crippen LogP contribution in [0.4, 0.5) is 24.5 Å². The third-order valence-corrected chi connectivity index (χ3v) is 5.88. The molecule has 1 atom stereocenters. The highest BCUT2D eigenvalue weighted by molar-refractivity contribution is 7.14. The number of hydrogen-bond donors (Lipinski definition) is 1. The van der Waals surface area contributed by atoms with Crippen LogP contribution in [0.3, 0.4) is 0 Å². The number of amides is 1. The molecule has 0 bridgehead atoms. The molecule has 1 aliphatic rings. The van der Waals surface area contributed by atoms with Gasteiger partial charge in [-0.2, -0.15) is 13.2 Å². The average Bonchev–Trinajstić information content (AvgIpc) is 3.08. The molecule has 1 amide bonds. The normalized spacial score (nSPS) is 15.9. The van der Waals surface area contributed by atoms with Crippen LogP contribution in [-0.4, -0.2) is 23.4 Å². The van der Waals surface area contributed by atoms with Gasteiger partial charge in [0.2, 0.25) is 0 Å². The summed E-state index contributed by atoms with van der Waals surface area (Å²) in [4.78, 5) is 35.4. The van der Waals surface area contributed by atoms with Crippen molar-refractivity contribution in [1.82, 2.24) is 0 Å². The number of carbonyl (C=O) groups excluding carboxylic acids is 2. The van der Waals surface area contributed by atoms with Crippen molar-refractivity contribution in [2.45, 2.75) is 32.4 Å². The molecule has 2 aromatic rings. The number of fused-ring (bicyclic) bond motifs is 1.